The van der Waals surface area contributed by atoms with Gasteiger partial charge in [0.15, 0.2) is 0 Å². The van der Waals surface area contributed by atoms with Crippen molar-refractivity contribution in [1.82, 2.24) is 0 Å². The molecule has 0 saturated carbocycles. The van der Waals surface area contributed by atoms with E-state index in [1.807, 2.05) is 61.0 Å². The van der Waals surface area contributed by atoms with Gasteiger partial charge in [-0.05, 0) is 54.3 Å². The SMILES string of the molecule is CSCCOCC(O)COc1ccc(Cc2ccc(OCC(O)COCCSC)cc2)cc1. The normalized spacial score (nSPS) is 13.0. The van der Waals surface area contributed by atoms with E-state index in [2.05, 4.69) is 0 Å². The maximum Gasteiger partial charge on any atom is 0.119 e. The number of aliphatic hydroxyl groups excluding tert-OH is 2. The van der Waals surface area contributed by atoms with Crippen molar-refractivity contribution in [2.75, 3.05) is 63.7 Å². The van der Waals surface area contributed by atoms with Gasteiger partial charge in [-0.25, -0.2) is 0 Å². The topological polar surface area (TPSA) is 77.4 Å². The van der Waals surface area contributed by atoms with E-state index < -0.39 is 12.2 Å². The van der Waals surface area contributed by atoms with Crippen molar-refractivity contribution >= 4 is 23.5 Å². The number of hydrogen-bond acceptors (Lipinski definition) is 8. The Morgan fingerprint density at radius 2 is 1.03 bits per heavy atom. The van der Waals surface area contributed by atoms with E-state index >= 15 is 0 Å². The van der Waals surface area contributed by atoms with Crippen LogP contribution in [0.25, 0.3) is 0 Å². The van der Waals surface area contributed by atoms with Gasteiger partial charge in [-0.2, -0.15) is 23.5 Å². The largest absolute Gasteiger partial charge is 0.491 e. The van der Waals surface area contributed by atoms with Gasteiger partial charge in [-0.1, -0.05) is 24.3 Å². The highest BCUT2D eigenvalue weighted by Gasteiger charge is 2.07. The van der Waals surface area contributed by atoms with E-state index in [1.165, 1.54) is 0 Å². The summed E-state index contributed by atoms with van der Waals surface area (Å²) in [7, 11) is 0. The van der Waals surface area contributed by atoms with Crippen molar-refractivity contribution in [1.29, 1.82) is 0 Å². The van der Waals surface area contributed by atoms with Gasteiger partial charge in [0, 0.05) is 11.5 Å². The predicted molar refractivity (Wildman–Crippen MR) is 137 cm³/mol. The lowest BCUT2D eigenvalue weighted by molar-refractivity contribution is 0.0173. The van der Waals surface area contributed by atoms with Crippen LogP contribution in [0.2, 0.25) is 0 Å². The molecule has 2 aromatic rings. The zero-order valence-corrected chi connectivity index (χ0v) is 21.1. The molecular weight excluding hydrogens is 460 g/mol. The Morgan fingerprint density at radius 3 is 1.39 bits per heavy atom. The third kappa shape index (κ3) is 12.6. The highest BCUT2D eigenvalue weighted by molar-refractivity contribution is 7.98. The molecule has 2 N–H and O–H groups in total. The molecule has 2 rings (SSSR count). The van der Waals surface area contributed by atoms with Gasteiger partial charge >= 0.3 is 0 Å². The molecule has 0 aliphatic rings. The van der Waals surface area contributed by atoms with Crippen molar-refractivity contribution in [3.8, 4) is 11.5 Å². The molecule has 0 bridgehead atoms. The minimum atomic E-state index is -0.638. The van der Waals surface area contributed by atoms with Crippen LogP contribution in [0.5, 0.6) is 11.5 Å². The van der Waals surface area contributed by atoms with Gasteiger partial charge in [0.05, 0.1) is 26.4 Å². The number of thioether (sulfide) groups is 2. The number of ether oxygens (including phenoxy) is 4. The molecule has 8 heteroatoms. The third-order valence-corrected chi connectivity index (χ3v) is 5.77. The summed E-state index contributed by atoms with van der Waals surface area (Å²) in [6, 6.07) is 15.7. The summed E-state index contributed by atoms with van der Waals surface area (Å²) in [5.41, 5.74) is 2.32. The molecule has 0 saturated heterocycles. The monoisotopic (exact) mass is 496 g/mol. The summed E-state index contributed by atoms with van der Waals surface area (Å²) in [5.74, 6) is 3.28. The van der Waals surface area contributed by atoms with Crippen LogP contribution in [0.4, 0.5) is 0 Å². The molecule has 0 spiro atoms. The van der Waals surface area contributed by atoms with Gasteiger partial charge in [0.25, 0.3) is 0 Å². The van der Waals surface area contributed by atoms with E-state index in [0.717, 1.165) is 40.6 Å². The lowest BCUT2D eigenvalue weighted by Gasteiger charge is -2.13. The van der Waals surface area contributed by atoms with Crippen molar-refractivity contribution in [3.05, 3.63) is 59.7 Å². The molecule has 0 fully saturated rings. The molecule has 33 heavy (non-hydrogen) atoms. The zero-order valence-electron chi connectivity index (χ0n) is 19.5. The fraction of sp³-hybridized carbons (Fsp3) is 0.520. The van der Waals surface area contributed by atoms with Crippen LogP contribution >= 0.6 is 23.5 Å². The number of benzene rings is 2. The lowest BCUT2D eigenvalue weighted by atomic mass is 10.0. The quantitative estimate of drug-likeness (QED) is 0.304. The van der Waals surface area contributed by atoms with Crippen LogP contribution in [0.15, 0.2) is 48.5 Å². The molecule has 0 aliphatic carbocycles. The second kappa shape index (κ2) is 17.1. The summed E-state index contributed by atoms with van der Waals surface area (Å²) < 4.78 is 22.1. The highest BCUT2D eigenvalue weighted by atomic mass is 32.2. The van der Waals surface area contributed by atoms with E-state index in [1.54, 1.807) is 23.5 Å². The summed E-state index contributed by atoms with van der Waals surface area (Å²) >= 11 is 3.43. The summed E-state index contributed by atoms with van der Waals surface area (Å²) in [4.78, 5) is 0. The van der Waals surface area contributed by atoms with Crippen molar-refractivity contribution in [3.63, 3.8) is 0 Å². The number of rotatable bonds is 18. The molecule has 2 atom stereocenters. The van der Waals surface area contributed by atoms with E-state index in [-0.39, 0.29) is 26.4 Å². The molecule has 0 aliphatic heterocycles. The fourth-order valence-corrected chi connectivity index (χ4v) is 3.42. The van der Waals surface area contributed by atoms with Crippen molar-refractivity contribution < 1.29 is 29.2 Å². The molecule has 0 heterocycles. The molecule has 0 amide bonds. The molecule has 0 aromatic heterocycles. The van der Waals surface area contributed by atoms with Gasteiger partial charge in [-0.15, -0.1) is 0 Å². The smallest absolute Gasteiger partial charge is 0.119 e. The Hall–Kier alpha value is -1.42. The van der Waals surface area contributed by atoms with Gasteiger partial charge in [0.1, 0.15) is 36.9 Å². The Morgan fingerprint density at radius 1 is 0.636 bits per heavy atom. The molecule has 0 radical (unpaired) electrons. The molecule has 2 unspecified atom stereocenters. The van der Waals surface area contributed by atoms with Crippen LogP contribution in [-0.2, 0) is 15.9 Å². The summed E-state index contributed by atoms with van der Waals surface area (Å²) in [5, 5.41) is 19.8. The lowest BCUT2D eigenvalue weighted by Crippen LogP contribution is -2.24. The Bertz CT molecular complexity index is 678. The standard InChI is InChI=1S/C25H36O6S2/c1-32-13-11-28-16-22(26)18-30-24-7-3-20(4-8-24)15-21-5-9-25(10-6-21)31-19-23(27)17-29-12-14-33-2/h3-10,22-23,26-27H,11-19H2,1-2H3. The maximum atomic E-state index is 9.92. The summed E-state index contributed by atoms with van der Waals surface area (Å²) in [6.45, 7) is 2.24. The second-order valence-corrected chi connectivity index (χ2v) is 9.50. The first-order valence-electron chi connectivity index (χ1n) is 11.0. The first-order chi connectivity index (χ1) is 16.1. The Balaban J connectivity index is 1.68. The molecule has 2 aromatic carbocycles. The van der Waals surface area contributed by atoms with Crippen molar-refractivity contribution in [2.45, 2.75) is 18.6 Å². The fourth-order valence-electron chi connectivity index (χ4n) is 2.85. The van der Waals surface area contributed by atoms with Gasteiger partial charge in [-0.3, -0.25) is 0 Å². The van der Waals surface area contributed by atoms with Crippen LogP contribution < -0.4 is 9.47 Å². The predicted octanol–water partition coefficient (Wildman–Crippen LogP) is 3.52. The van der Waals surface area contributed by atoms with Crippen molar-refractivity contribution in [2.24, 2.45) is 0 Å². The number of hydrogen-bond donors (Lipinski definition) is 2. The van der Waals surface area contributed by atoms with Crippen LogP contribution in [0, 0.1) is 0 Å². The molecule has 184 valence electrons. The zero-order chi connectivity index (χ0) is 23.7. The minimum absolute atomic E-state index is 0.207. The Labute approximate surface area is 206 Å². The van der Waals surface area contributed by atoms with Crippen LogP contribution in [-0.4, -0.2) is 86.1 Å². The van der Waals surface area contributed by atoms with Crippen LogP contribution in [0.3, 0.4) is 0 Å². The third-order valence-electron chi connectivity index (χ3n) is 4.62. The molecular formula is C25H36O6S2. The summed E-state index contributed by atoms with van der Waals surface area (Å²) in [6.07, 6.45) is 3.56. The second-order valence-electron chi connectivity index (χ2n) is 7.53. The van der Waals surface area contributed by atoms with E-state index in [4.69, 9.17) is 18.9 Å². The highest BCUT2D eigenvalue weighted by Crippen LogP contribution is 2.18. The van der Waals surface area contributed by atoms with Gasteiger partial charge in [0.2, 0.25) is 0 Å². The van der Waals surface area contributed by atoms with E-state index in [9.17, 15) is 10.2 Å². The van der Waals surface area contributed by atoms with Crippen LogP contribution in [0.1, 0.15) is 11.1 Å². The Kier molecular flexibility index (Phi) is 14.4. The van der Waals surface area contributed by atoms with E-state index in [0.29, 0.717) is 13.2 Å². The number of aliphatic hydroxyl groups is 2. The maximum absolute atomic E-state index is 9.92. The van der Waals surface area contributed by atoms with Gasteiger partial charge < -0.3 is 29.2 Å². The first kappa shape index (κ1) is 27.8. The first-order valence-corrected chi connectivity index (χ1v) is 13.8. The average Bonchev–Trinajstić information content (AvgIpc) is 2.84. The average molecular weight is 497 g/mol. The minimum Gasteiger partial charge on any atom is -0.491 e. The molecule has 6 nitrogen and oxygen atoms in total.